The van der Waals surface area contributed by atoms with Crippen LogP contribution in [0.5, 0.6) is 34.5 Å². The fourth-order valence-electron chi connectivity index (χ4n) is 9.83. The molecule has 24 N–H and O–H groups in total. The number of nitrogens with two attached hydrogens (primary N) is 12. The summed E-state index contributed by atoms with van der Waals surface area (Å²) in [7, 11) is 0. The lowest BCUT2D eigenvalue weighted by Gasteiger charge is -2.36. The summed E-state index contributed by atoms with van der Waals surface area (Å²) >= 11 is 0. The van der Waals surface area contributed by atoms with Gasteiger partial charge in [-0.25, -0.2) is 0 Å². The first-order valence-corrected chi connectivity index (χ1v) is 30.3. The Bertz CT molecular complexity index is 3960. The molecule has 0 unspecified atom stereocenters. The number of benzene rings is 6. The molecule has 0 bridgehead atoms. The molecule has 6 heterocycles. The second-order valence-corrected chi connectivity index (χ2v) is 22.6. The summed E-state index contributed by atoms with van der Waals surface area (Å²) in [6.45, 7) is -0.972. The van der Waals surface area contributed by atoms with E-state index in [0.29, 0.717) is 67.9 Å². The molecule has 101 heavy (non-hydrogen) atoms. The molecule has 0 amide bonds. The molecule has 6 aromatic carbocycles. The molecule has 12 aromatic rings. The number of ether oxygens (including phenoxy) is 7. The maximum absolute atomic E-state index is 7.13. The highest BCUT2D eigenvalue weighted by Crippen LogP contribution is 2.34. The second-order valence-electron chi connectivity index (χ2n) is 22.6. The van der Waals surface area contributed by atoms with Crippen molar-refractivity contribution in [1.82, 2.24) is 89.7 Å². The number of hydrogen-bond donors (Lipinski definition) is 12. The lowest BCUT2D eigenvalue weighted by Crippen LogP contribution is -2.48. The largest absolute Gasteiger partial charge is 0.493 e. The number of anilines is 12. The molecular weight excluding hydrogens is 1300 g/mol. The molecule has 0 saturated heterocycles. The van der Waals surface area contributed by atoms with E-state index in [2.05, 4.69) is 89.7 Å². The standard InChI is InChI=1S/C64H64N30O7/c65-51-77-45(78-52(66)89-51)33-1-13-39(14-2-33)96-27-63(28-97-40-15-3-34(4-16-40)46-79-53(67)90-54(68)80-46,29-98-41-17-5-35(6-18-41)47-81-55(69)91-56(70)82-47)25-95-26-64(30-99-42-19-7-36(8-20-42)48-83-57(71)92-58(72)84-48,31-100-43-21-9-37(10-22-43)49-85-59(73)93-60(74)86-49)32-101-44-23-11-38(12-24-44)50-87-61(75)94-62(76)88-50/h1-24H,25-32H2,(H4,65,66,77,78,89)(H4,67,68,79,80,90)(H4,69,70,81,82,91)(H4,71,72,83,84,92)(H4,73,74,85,86,93)(H4,75,76,87,88,94). The summed E-state index contributed by atoms with van der Waals surface area (Å²) < 4.78 is 47.7. The van der Waals surface area contributed by atoms with Crippen LogP contribution in [0.4, 0.5) is 71.4 Å². The summed E-state index contributed by atoms with van der Waals surface area (Å²) in [6.07, 6.45) is 0. The normalized spacial score (nSPS) is 11.4. The molecule has 37 nitrogen and oxygen atoms in total. The molecule has 0 fully saturated rings. The Balaban J connectivity index is 0.915. The molecule has 0 spiro atoms. The lowest BCUT2D eigenvalue weighted by molar-refractivity contribution is -0.0870. The van der Waals surface area contributed by atoms with Crippen LogP contribution in [0.25, 0.3) is 68.3 Å². The van der Waals surface area contributed by atoms with Gasteiger partial charge in [0, 0.05) is 33.4 Å². The second kappa shape index (κ2) is 29.4. The van der Waals surface area contributed by atoms with Gasteiger partial charge in [0.1, 0.15) is 74.1 Å². The number of nitrogens with zero attached hydrogens (tertiary/aromatic N) is 18. The smallest absolute Gasteiger partial charge is 0.225 e. The van der Waals surface area contributed by atoms with Gasteiger partial charge in [-0.05, 0) is 146 Å². The van der Waals surface area contributed by atoms with Crippen molar-refractivity contribution < 1.29 is 33.2 Å². The van der Waals surface area contributed by atoms with E-state index in [4.69, 9.17) is 102 Å². The molecule has 0 saturated carbocycles. The number of nitrogen functional groups attached to an aromatic ring is 12. The van der Waals surface area contributed by atoms with Gasteiger partial charge in [0.05, 0.1) is 24.0 Å². The van der Waals surface area contributed by atoms with Crippen LogP contribution in [0, 0.1) is 10.8 Å². The average Bonchev–Trinajstić information content (AvgIpc) is 0.909. The first-order valence-electron chi connectivity index (χ1n) is 30.3. The first-order chi connectivity index (χ1) is 48.7. The zero-order valence-corrected chi connectivity index (χ0v) is 53.3. The predicted octanol–water partition coefficient (Wildman–Crippen LogP) is 3.55. The maximum Gasteiger partial charge on any atom is 0.225 e. The van der Waals surface area contributed by atoms with Crippen molar-refractivity contribution in [3.63, 3.8) is 0 Å². The van der Waals surface area contributed by atoms with Gasteiger partial charge in [0.25, 0.3) is 0 Å². The van der Waals surface area contributed by atoms with Gasteiger partial charge < -0.3 is 102 Å². The first kappa shape index (κ1) is 66.7. The van der Waals surface area contributed by atoms with Gasteiger partial charge >= 0.3 is 0 Å². The van der Waals surface area contributed by atoms with Crippen LogP contribution in [0.3, 0.4) is 0 Å². The van der Waals surface area contributed by atoms with E-state index in [9.17, 15) is 0 Å². The van der Waals surface area contributed by atoms with Crippen LogP contribution < -0.4 is 97.2 Å². The van der Waals surface area contributed by atoms with E-state index < -0.39 is 10.8 Å². The van der Waals surface area contributed by atoms with E-state index in [1.54, 1.807) is 146 Å². The quantitative estimate of drug-likeness (QED) is 0.0333. The Kier molecular flexibility index (Phi) is 19.4. The van der Waals surface area contributed by atoms with Crippen molar-refractivity contribution in [2.75, 3.05) is 122 Å². The third-order valence-corrected chi connectivity index (χ3v) is 14.8. The predicted molar refractivity (Wildman–Crippen MR) is 373 cm³/mol. The van der Waals surface area contributed by atoms with Crippen LogP contribution in [-0.4, -0.2) is 143 Å². The van der Waals surface area contributed by atoms with Crippen LogP contribution in [0.15, 0.2) is 146 Å². The molecule has 0 aliphatic heterocycles. The van der Waals surface area contributed by atoms with Crippen molar-refractivity contribution in [3.8, 4) is 103 Å². The molecule has 0 atom stereocenters. The third kappa shape index (κ3) is 17.4. The Hall–Kier alpha value is -14.3. The maximum atomic E-state index is 7.13. The molecule has 37 heteroatoms. The van der Waals surface area contributed by atoms with Gasteiger partial charge in [-0.15, -0.1) is 0 Å². The van der Waals surface area contributed by atoms with E-state index in [-0.39, 0.29) is 159 Å². The SMILES string of the molecule is Nc1nc(N)nc(-c2ccc(OCC(COCC(COc3ccc(-c4nc(N)nc(N)n4)cc3)(COc3ccc(-c4nc(N)nc(N)n4)cc3)COc3ccc(-c4nc(N)nc(N)n4)cc3)(COc3ccc(-c4nc(N)nc(N)n4)cc3)COc3ccc(-c4nc(N)nc(N)n4)cc3)cc2)n1. The number of rotatable bonds is 28. The van der Waals surface area contributed by atoms with Crippen molar-refractivity contribution in [3.05, 3.63) is 146 Å². The Morgan fingerprint density at radius 1 is 0.178 bits per heavy atom. The van der Waals surface area contributed by atoms with Gasteiger partial charge in [-0.2, -0.15) is 89.7 Å². The van der Waals surface area contributed by atoms with Crippen LogP contribution in [0.1, 0.15) is 0 Å². The average molecular weight is 1370 g/mol. The van der Waals surface area contributed by atoms with Crippen LogP contribution in [0.2, 0.25) is 0 Å². The van der Waals surface area contributed by atoms with E-state index >= 15 is 0 Å². The van der Waals surface area contributed by atoms with Crippen LogP contribution in [-0.2, 0) is 4.74 Å². The summed E-state index contributed by atoms with van der Waals surface area (Å²) in [4.78, 5) is 74.6. The monoisotopic (exact) mass is 1360 g/mol. The fraction of sp³-hybridized carbons (Fsp3) is 0.156. The Labute approximate surface area is 573 Å². The molecule has 12 rings (SSSR count). The van der Waals surface area contributed by atoms with Crippen molar-refractivity contribution >= 4 is 71.4 Å². The minimum atomic E-state index is -1.25. The zero-order chi connectivity index (χ0) is 70.6. The van der Waals surface area contributed by atoms with Gasteiger partial charge in [-0.1, -0.05) is 0 Å². The summed E-state index contributed by atoms with van der Waals surface area (Å²) in [5, 5.41) is 0. The van der Waals surface area contributed by atoms with E-state index in [1.807, 2.05) is 0 Å². The highest BCUT2D eigenvalue weighted by molar-refractivity contribution is 5.63. The minimum absolute atomic E-state index is 0.0490. The lowest BCUT2D eigenvalue weighted by atomic mass is 9.90. The fourth-order valence-corrected chi connectivity index (χ4v) is 9.83. The highest BCUT2D eigenvalue weighted by Gasteiger charge is 2.40. The molecule has 6 aromatic heterocycles. The Morgan fingerprint density at radius 3 is 0.436 bits per heavy atom. The van der Waals surface area contributed by atoms with E-state index in [1.165, 1.54) is 0 Å². The molecule has 0 radical (unpaired) electrons. The summed E-state index contributed by atoms with van der Waals surface area (Å²) in [6, 6.07) is 41.8. The summed E-state index contributed by atoms with van der Waals surface area (Å²) in [5.74, 6) is 3.47. The van der Waals surface area contributed by atoms with Gasteiger partial charge in [0.15, 0.2) is 34.9 Å². The van der Waals surface area contributed by atoms with Gasteiger partial charge in [-0.3, -0.25) is 0 Å². The van der Waals surface area contributed by atoms with Crippen molar-refractivity contribution in [1.29, 1.82) is 0 Å². The summed E-state index contributed by atoms with van der Waals surface area (Å²) in [5.41, 5.74) is 72.4. The highest BCUT2D eigenvalue weighted by atomic mass is 16.5. The minimum Gasteiger partial charge on any atom is -0.493 e. The number of hydrogen-bond acceptors (Lipinski definition) is 37. The van der Waals surface area contributed by atoms with Gasteiger partial charge in [0.2, 0.25) is 71.4 Å². The third-order valence-electron chi connectivity index (χ3n) is 14.8. The van der Waals surface area contributed by atoms with Crippen molar-refractivity contribution in [2.45, 2.75) is 0 Å². The molecule has 0 aliphatic carbocycles. The molecular formula is C64H64N30O7. The van der Waals surface area contributed by atoms with Crippen molar-refractivity contribution in [2.24, 2.45) is 10.8 Å². The van der Waals surface area contributed by atoms with Crippen LogP contribution >= 0.6 is 0 Å². The Morgan fingerprint density at radius 2 is 0.307 bits per heavy atom. The number of aromatic nitrogens is 18. The van der Waals surface area contributed by atoms with E-state index in [0.717, 1.165) is 0 Å². The topological polar surface area (TPSA) is 609 Å². The molecule has 512 valence electrons. The molecule has 0 aliphatic rings. The zero-order valence-electron chi connectivity index (χ0n) is 53.3.